The second kappa shape index (κ2) is 5.45. The van der Waals surface area contributed by atoms with Gasteiger partial charge in [-0.3, -0.25) is 0 Å². The van der Waals surface area contributed by atoms with E-state index >= 15 is 0 Å². The van der Waals surface area contributed by atoms with E-state index in [4.69, 9.17) is 9.47 Å². The van der Waals surface area contributed by atoms with Crippen LogP contribution in [0.1, 0.15) is 12.0 Å². The zero-order valence-electron chi connectivity index (χ0n) is 11.9. The Kier molecular flexibility index (Phi) is 3.50. The zero-order valence-corrected chi connectivity index (χ0v) is 11.9. The van der Waals surface area contributed by atoms with Crippen LogP contribution >= 0.6 is 0 Å². The van der Waals surface area contributed by atoms with E-state index in [1.807, 2.05) is 18.2 Å². The van der Waals surface area contributed by atoms with E-state index in [-0.39, 0.29) is 0 Å². The number of hydrogen-bond acceptors (Lipinski definition) is 3. The van der Waals surface area contributed by atoms with Crippen molar-refractivity contribution in [1.29, 1.82) is 0 Å². The van der Waals surface area contributed by atoms with Crippen molar-refractivity contribution in [3.63, 3.8) is 0 Å². The molecule has 0 amide bonds. The molecular weight excluding hydrogens is 250 g/mol. The van der Waals surface area contributed by atoms with Crippen LogP contribution in [0.15, 0.2) is 36.4 Å². The number of nitrogens with one attached hydrogen (secondary N) is 1. The van der Waals surface area contributed by atoms with Gasteiger partial charge in [-0.05, 0) is 48.2 Å². The van der Waals surface area contributed by atoms with Crippen molar-refractivity contribution in [2.75, 3.05) is 26.1 Å². The Balaban J connectivity index is 2.07. The number of methoxy groups -OCH3 is 2. The summed E-state index contributed by atoms with van der Waals surface area (Å²) in [5, 5.41) is 3.47. The lowest BCUT2D eigenvalue weighted by Gasteiger charge is -2.19. The topological polar surface area (TPSA) is 30.5 Å². The molecule has 2 aromatic carbocycles. The first-order valence-corrected chi connectivity index (χ1v) is 6.91. The smallest absolute Gasteiger partial charge is 0.126 e. The summed E-state index contributed by atoms with van der Waals surface area (Å²) in [5.41, 5.74) is 4.83. The first-order chi connectivity index (χ1) is 9.81. The van der Waals surface area contributed by atoms with Gasteiger partial charge in [-0.2, -0.15) is 0 Å². The molecule has 1 aliphatic rings. The SMILES string of the molecule is COc1ccc(OC)c(-c2ccc3c(c2)NCCC3)c1. The highest BCUT2D eigenvalue weighted by molar-refractivity contribution is 5.76. The summed E-state index contributed by atoms with van der Waals surface area (Å²) in [7, 11) is 3.38. The lowest BCUT2D eigenvalue weighted by atomic mass is 9.97. The first-order valence-electron chi connectivity index (χ1n) is 6.91. The molecule has 3 nitrogen and oxygen atoms in total. The molecule has 0 saturated carbocycles. The van der Waals surface area contributed by atoms with E-state index in [9.17, 15) is 0 Å². The predicted octanol–water partition coefficient (Wildman–Crippen LogP) is 3.73. The van der Waals surface area contributed by atoms with Crippen molar-refractivity contribution in [2.24, 2.45) is 0 Å². The second-order valence-corrected chi connectivity index (χ2v) is 4.97. The fourth-order valence-electron chi connectivity index (χ4n) is 2.67. The van der Waals surface area contributed by atoms with Crippen molar-refractivity contribution in [3.8, 4) is 22.6 Å². The fraction of sp³-hybridized carbons (Fsp3) is 0.294. The number of fused-ring (bicyclic) bond motifs is 1. The molecular formula is C17H19NO2. The largest absolute Gasteiger partial charge is 0.497 e. The molecule has 1 aliphatic heterocycles. The van der Waals surface area contributed by atoms with E-state index in [1.54, 1.807) is 14.2 Å². The number of anilines is 1. The van der Waals surface area contributed by atoms with Crippen LogP contribution < -0.4 is 14.8 Å². The number of ether oxygens (including phenoxy) is 2. The molecule has 104 valence electrons. The van der Waals surface area contributed by atoms with Crippen LogP contribution in [0.3, 0.4) is 0 Å². The molecule has 0 fully saturated rings. The molecule has 0 aliphatic carbocycles. The standard InChI is InChI=1S/C17H19NO2/c1-19-14-7-8-17(20-2)15(11-14)13-6-5-12-4-3-9-18-16(12)10-13/h5-8,10-11,18H,3-4,9H2,1-2H3. The lowest BCUT2D eigenvalue weighted by Crippen LogP contribution is -2.11. The van der Waals surface area contributed by atoms with E-state index < -0.39 is 0 Å². The molecule has 2 aromatic rings. The summed E-state index contributed by atoms with van der Waals surface area (Å²) in [6, 6.07) is 12.4. The minimum absolute atomic E-state index is 0.839. The van der Waals surface area contributed by atoms with Gasteiger partial charge in [0.25, 0.3) is 0 Å². The maximum atomic E-state index is 5.47. The van der Waals surface area contributed by atoms with Gasteiger partial charge in [0.1, 0.15) is 11.5 Å². The zero-order chi connectivity index (χ0) is 13.9. The summed E-state index contributed by atoms with van der Waals surface area (Å²) in [4.78, 5) is 0. The van der Waals surface area contributed by atoms with Crippen molar-refractivity contribution in [1.82, 2.24) is 0 Å². The molecule has 3 heteroatoms. The van der Waals surface area contributed by atoms with Crippen LogP contribution in [-0.2, 0) is 6.42 Å². The number of hydrogen-bond donors (Lipinski definition) is 1. The Hall–Kier alpha value is -2.16. The van der Waals surface area contributed by atoms with Gasteiger partial charge >= 0.3 is 0 Å². The Morgan fingerprint density at radius 1 is 1.00 bits per heavy atom. The van der Waals surface area contributed by atoms with Crippen LogP contribution in [0.25, 0.3) is 11.1 Å². The maximum absolute atomic E-state index is 5.47. The molecule has 0 bridgehead atoms. The molecule has 1 N–H and O–H groups in total. The van der Waals surface area contributed by atoms with E-state index in [0.717, 1.165) is 35.6 Å². The summed E-state index contributed by atoms with van der Waals surface area (Å²) in [6.45, 7) is 1.05. The molecule has 0 saturated heterocycles. The van der Waals surface area contributed by atoms with Crippen molar-refractivity contribution in [3.05, 3.63) is 42.0 Å². The van der Waals surface area contributed by atoms with Gasteiger partial charge in [-0.15, -0.1) is 0 Å². The normalized spacial score (nSPS) is 13.3. The van der Waals surface area contributed by atoms with Crippen molar-refractivity contribution in [2.45, 2.75) is 12.8 Å². The maximum Gasteiger partial charge on any atom is 0.126 e. The van der Waals surface area contributed by atoms with Gasteiger partial charge < -0.3 is 14.8 Å². The van der Waals surface area contributed by atoms with Crippen LogP contribution in [0, 0.1) is 0 Å². The molecule has 1 heterocycles. The summed E-state index contributed by atoms with van der Waals surface area (Å²) < 4.78 is 10.8. The molecule has 0 unspecified atom stereocenters. The molecule has 0 spiro atoms. The van der Waals surface area contributed by atoms with Gasteiger partial charge in [-0.1, -0.05) is 12.1 Å². The van der Waals surface area contributed by atoms with Crippen LogP contribution in [0.5, 0.6) is 11.5 Å². The quantitative estimate of drug-likeness (QED) is 0.921. The average molecular weight is 269 g/mol. The summed E-state index contributed by atoms with van der Waals surface area (Å²) in [5.74, 6) is 1.70. The number of aryl methyl sites for hydroxylation is 1. The van der Waals surface area contributed by atoms with E-state index in [2.05, 4.69) is 23.5 Å². The van der Waals surface area contributed by atoms with Gasteiger partial charge in [-0.25, -0.2) is 0 Å². The van der Waals surface area contributed by atoms with Crippen molar-refractivity contribution >= 4 is 5.69 Å². The van der Waals surface area contributed by atoms with Crippen molar-refractivity contribution < 1.29 is 9.47 Å². The highest BCUT2D eigenvalue weighted by Gasteiger charge is 2.12. The third kappa shape index (κ3) is 2.31. The molecule has 3 rings (SSSR count). The van der Waals surface area contributed by atoms with Gasteiger partial charge in [0.05, 0.1) is 14.2 Å². The summed E-state index contributed by atoms with van der Waals surface area (Å²) in [6.07, 6.45) is 2.35. The lowest BCUT2D eigenvalue weighted by molar-refractivity contribution is 0.404. The average Bonchev–Trinajstić information content (AvgIpc) is 2.53. The second-order valence-electron chi connectivity index (χ2n) is 4.97. The Labute approximate surface area is 119 Å². The van der Waals surface area contributed by atoms with Gasteiger partial charge in [0.2, 0.25) is 0 Å². The Morgan fingerprint density at radius 2 is 1.90 bits per heavy atom. The molecule has 20 heavy (non-hydrogen) atoms. The Morgan fingerprint density at radius 3 is 2.70 bits per heavy atom. The monoisotopic (exact) mass is 269 g/mol. The molecule has 0 radical (unpaired) electrons. The molecule has 0 atom stereocenters. The fourth-order valence-corrected chi connectivity index (χ4v) is 2.67. The van der Waals surface area contributed by atoms with Crippen LogP contribution in [-0.4, -0.2) is 20.8 Å². The third-order valence-electron chi connectivity index (χ3n) is 3.77. The van der Waals surface area contributed by atoms with Gasteiger partial charge in [0, 0.05) is 17.8 Å². The minimum atomic E-state index is 0.839. The molecule has 0 aromatic heterocycles. The number of benzene rings is 2. The predicted molar refractivity (Wildman–Crippen MR) is 81.8 cm³/mol. The number of rotatable bonds is 3. The first kappa shape index (κ1) is 12.9. The Bertz CT molecular complexity index is 622. The third-order valence-corrected chi connectivity index (χ3v) is 3.77. The van der Waals surface area contributed by atoms with Crippen LogP contribution in [0.2, 0.25) is 0 Å². The van der Waals surface area contributed by atoms with Gasteiger partial charge in [0.15, 0.2) is 0 Å². The highest BCUT2D eigenvalue weighted by Crippen LogP contribution is 2.36. The minimum Gasteiger partial charge on any atom is -0.497 e. The summed E-state index contributed by atoms with van der Waals surface area (Å²) >= 11 is 0. The van der Waals surface area contributed by atoms with Crippen LogP contribution in [0.4, 0.5) is 5.69 Å². The van der Waals surface area contributed by atoms with E-state index in [0.29, 0.717) is 0 Å². The van der Waals surface area contributed by atoms with E-state index in [1.165, 1.54) is 17.7 Å². The highest BCUT2D eigenvalue weighted by atomic mass is 16.5.